The molecular formula is C35H45N9O3S. The van der Waals surface area contributed by atoms with E-state index in [4.69, 9.17) is 14.5 Å². The number of amides is 1. The number of pyridine rings is 1. The van der Waals surface area contributed by atoms with Gasteiger partial charge in [-0.15, -0.1) is 11.8 Å². The van der Waals surface area contributed by atoms with Gasteiger partial charge in [-0.1, -0.05) is 12.7 Å². The summed E-state index contributed by atoms with van der Waals surface area (Å²) in [6, 6.07) is 7.71. The highest BCUT2D eigenvalue weighted by Gasteiger charge is 2.20. The van der Waals surface area contributed by atoms with E-state index >= 15 is 0 Å². The fourth-order valence-electron chi connectivity index (χ4n) is 4.87. The van der Waals surface area contributed by atoms with Crippen LogP contribution in [0.3, 0.4) is 0 Å². The van der Waals surface area contributed by atoms with E-state index in [-0.39, 0.29) is 5.91 Å². The van der Waals surface area contributed by atoms with Crippen LogP contribution in [0.4, 0.5) is 17.3 Å². The van der Waals surface area contributed by atoms with Gasteiger partial charge in [0, 0.05) is 62.5 Å². The number of carbonyl (C=O) groups excluding carboxylic acids is 1. The minimum Gasteiger partial charge on any atom is -0.493 e. The van der Waals surface area contributed by atoms with Crippen LogP contribution in [0.1, 0.15) is 19.4 Å². The SMILES string of the molecule is C=C1C=C(Oc2ccc(Nc3ncnc4cc(OC)c(N(CCN(CC)C(=O)/C=C/CN(C)C)CSC)nc34)cc2C)C=CN1/N=C\C. The number of carbonyl (C=O) groups is 1. The van der Waals surface area contributed by atoms with Crippen molar-refractivity contribution in [1.82, 2.24) is 29.8 Å². The molecule has 3 heterocycles. The third kappa shape index (κ3) is 9.35. The fraction of sp³-hybridized carbons (Fsp3) is 0.343. The van der Waals surface area contributed by atoms with Crippen LogP contribution >= 0.6 is 11.8 Å². The Bertz CT molecular complexity index is 1720. The van der Waals surface area contributed by atoms with Crippen LogP contribution in [0.15, 0.2) is 84.2 Å². The Kier molecular flexibility index (Phi) is 13.0. The van der Waals surface area contributed by atoms with Gasteiger partial charge in [0.05, 0.1) is 24.2 Å². The highest BCUT2D eigenvalue weighted by Crippen LogP contribution is 2.34. The number of thioether (sulfide) groups is 1. The summed E-state index contributed by atoms with van der Waals surface area (Å²) < 4.78 is 11.9. The zero-order valence-electron chi connectivity index (χ0n) is 28.8. The fourth-order valence-corrected chi connectivity index (χ4v) is 5.44. The molecule has 12 nitrogen and oxygen atoms in total. The lowest BCUT2D eigenvalue weighted by atomic mass is 10.2. The van der Waals surface area contributed by atoms with Crippen LogP contribution in [-0.2, 0) is 4.79 Å². The second-order valence-corrected chi connectivity index (χ2v) is 12.0. The second kappa shape index (κ2) is 17.3. The standard InChI is InChI=1S/C35H45N9O3S/c1-9-38-44-17-15-28(21-26(44)4)47-30-14-13-27(20-25(30)3)39-34-33-29(36-23-37-34)22-31(46-7)35(40-33)43(24-48-8)19-18-42(10-2)32(45)12-11-16-41(5)6/h9,11-15,17,20-23H,4,10,16,18-19,24H2,1-3,5-8H3,(H,36,37,39)/b12-11+,38-9-. The molecule has 1 aliphatic rings. The molecule has 0 spiro atoms. The van der Waals surface area contributed by atoms with Crippen molar-refractivity contribution in [2.24, 2.45) is 5.10 Å². The average Bonchev–Trinajstić information content (AvgIpc) is 3.06. The Morgan fingerprint density at radius 2 is 2.00 bits per heavy atom. The minimum absolute atomic E-state index is 0.0146. The maximum absolute atomic E-state index is 12.9. The number of likely N-dealkylation sites (N-methyl/N-ethyl adjacent to an activating group) is 2. The second-order valence-electron chi connectivity index (χ2n) is 11.1. The first-order valence-electron chi connectivity index (χ1n) is 15.6. The number of aryl methyl sites for hydroxylation is 1. The zero-order valence-corrected chi connectivity index (χ0v) is 29.6. The van der Waals surface area contributed by atoms with Crippen molar-refractivity contribution in [3.05, 3.63) is 84.7 Å². The topological polar surface area (TPSA) is 112 Å². The average molecular weight is 672 g/mol. The summed E-state index contributed by atoms with van der Waals surface area (Å²) in [4.78, 5) is 32.9. The monoisotopic (exact) mass is 671 g/mol. The molecule has 48 heavy (non-hydrogen) atoms. The number of hydrazone groups is 1. The molecule has 0 saturated carbocycles. The Morgan fingerprint density at radius 1 is 1.19 bits per heavy atom. The summed E-state index contributed by atoms with van der Waals surface area (Å²) >= 11 is 1.67. The van der Waals surface area contributed by atoms with Crippen molar-refractivity contribution in [3.63, 3.8) is 0 Å². The predicted molar refractivity (Wildman–Crippen MR) is 197 cm³/mol. The number of anilines is 3. The van der Waals surface area contributed by atoms with E-state index < -0.39 is 0 Å². The van der Waals surface area contributed by atoms with Gasteiger partial charge >= 0.3 is 0 Å². The summed E-state index contributed by atoms with van der Waals surface area (Å²) in [5, 5.41) is 9.34. The Morgan fingerprint density at radius 3 is 2.67 bits per heavy atom. The van der Waals surface area contributed by atoms with Gasteiger partial charge in [0.2, 0.25) is 5.91 Å². The molecule has 1 aliphatic heterocycles. The van der Waals surface area contributed by atoms with E-state index in [1.807, 2.05) is 99.6 Å². The molecule has 0 saturated heterocycles. The van der Waals surface area contributed by atoms with Crippen molar-refractivity contribution in [3.8, 4) is 11.5 Å². The molecule has 1 N–H and O–H groups in total. The summed E-state index contributed by atoms with van der Waals surface area (Å²) in [5.74, 6) is 3.83. The number of rotatable bonds is 16. The normalized spacial score (nSPS) is 13.1. The quantitative estimate of drug-likeness (QED) is 0.114. The maximum Gasteiger partial charge on any atom is 0.246 e. The number of benzene rings is 1. The van der Waals surface area contributed by atoms with Gasteiger partial charge in [0.15, 0.2) is 17.4 Å². The molecule has 2 aromatic heterocycles. The van der Waals surface area contributed by atoms with Gasteiger partial charge < -0.3 is 29.5 Å². The Hall–Kier alpha value is -4.88. The number of hydrogen-bond acceptors (Lipinski definition) is 12. The molecule has 1 aromatic carbocycles. The number of aromatic nitrogens is 3. The van der Waals surface area contributed by atoms with E-state index in [0.29, 0.717) is 71.9 Å². The van der Waals surface area contributed by atoms with Gasteiger partial charge in [0.1, 0.15) is 23.4 Å². The molecule has 0 unspecified atom stereocenters. The van der Waals surface area contributed by atoms with E-state index in [1.165, 1.54) is 6.33 Å². The first-order valence-corrected chi connectivity index (χ1v) is 17.0. The zero-order chi connectivity index (χ0) is 34.6. The van der Waals surface area contributed by atoms with E-state index in [1.54, 1.807) is 36.2 Å². The molecule has 0 fully saturated rings. The van der Waals surface area contributed by atoms with E-state index in [0.717, 1.165) is 17.0 Å². The molecule has 0 bridgehead atoms. The van der Waals surface area contributed by atoms with Crippen molar-refractivity contribution in [2.45, 2.75) is 20.8 Å². The Labute approximate surface area is 287 Å². The van der Waals surface area contributed by atoms with Crippen molar-refractivity contribution in [2.75, 3.05) is 69.7 Å². The molecule has 3 aromatic rings. The van der Waals surface area contributed by atoms with Gasteiger partial charge in [-0.05, 0) is 71.0 Å². The lowest BCUT2D eigenvalue weighted by molar-refractivity contribution is -0.125. The lowest BCUT2D eigenvalue weighted by Crippen LogP contribution is -2.38. The summed E-state index contributed by atoms with van der Waals surface area (Å²) in [6.07, 6.45) is 14.3. The summed E-state index contributed by atoms with van der Waals surface area (Å²) in [7, 11) is 5.56. The number of nitrogens with one attached hydrogen (secondary N) is 1. The van der Waals surface area contributed by atoms with Crippen molar-refractivity contribution < 1.29 is 14.3 Å². The number of ether oxygens (including phenoxy) is 2. The van der Waals surface area contributed by atoms with E-state index in [9.17, 15) is 4.79 Å². The third-order valence-electron chi connectivity index (χ3n) is 7.31. The van der Waals surface area contributed by atoms with Crippen LogP contribution in [0.5, 0.6) is 11.5 Å². The highest BCUT2D eigenvalue weighted by molar-refractivity contribution is 7.98. The molecule has 0 radical (unpaired) electrons. The van der Waals surface area contributed by atoms with Crippen LogP contribution in [0, 0.1) is 6.92 Å². The van der Waals surface area contributed by atoms with Crippen LogP contribution in [0.25, 0.3) is 11.0 Å². The minimum atomic E-state index is -0.0146. The summed E-state index contributed by atoms with van der Waals surface area (Å²) in [6.45, 7) is 12.3. The first-order chi connectivity index (χ1) is 23.2. The maximum atomic E-state index is 12.9. The first kappa shape index (κ1) is 36.0. The highest BCUT2D eigenvalue weighted by atomic mass is 32.2. The molecule has 13 heteroatoms. The van der Waals surface area contributed by atoms with Gasteiger partial charge in [-0.25, -0.2) is 20.0 Å². The van der Waals surface area contributed by atoms with Crippen LogP contribution in [0.2, 0.25) is 0 Å². The summed E-state index contributed by atoms with van der Waals surface area (Å²) in [5.41, 5.74) is 3.70. The van der Waals surface area contributed by atoms with Gasteiger partial charge in [0.25, 0.3) is 0 Å². The molecule has 0 atom stereocenters. The predicted octanol–water partition coefficient (Wildman–Crippen LogP) is 5.79. The molecule has 0 aliphatic carbocycles. The number of nitrogens with zero attached hydrogens (tertiary/aromatic N) is 8. The van der Waals surface area contributed by atoms with Crippen molar-refractivity contribution in [1.29, 1.82) is 0 Å². The van der Waals surface area contributed by atoms with Crippen LogP contribution < -0.4 is 19.7 Å². The number of fused-ring (bicyclic) bond motifs is 1. The molecule has 254 valence electrons. The Balaban J connectivity index is 1.56. The smallest absolute Gasteiger partial charge is 0.246 e. The number of allylic oxidation sites excluding steroid dienone is 2. The van der Waals surface area contributed by atoms with E-state index in [2.05, 4.69) is 31.9 Å². The molecule has 1 amide bonds. The lowest BCUT2D eigenvalue weighted by Gasteiger charge is -2.28. The largest absolute Gasteiger partial charge is 0.493 e. The number of hydrogen-bond donors (Lipinski definition) is 1. The van der Waals surface area contributed by atoms with Crippen molar-refractivity contribution >= 4 is 52.2 Å². The van der Waals surface area contributed by atoms with Gasteiger partial charge in [-0.2, -0.15) is 5.10 Å². The molecule has 4 rings (SSSR count). The third-order valence-corrected chi connectivity index (χ3v) is 7.88. The molecular weight excluding hydrogens is 627 g/mol. The van der Waals surface area contributed by atoms with Crippen LogP contribution in [-0.4, -0.2) is 101 Å². The number of methoxy groups -OCH3 is 1. The van der Waals surface area contributed by atoms with Gasteiger partial charge in [-0.3, -0.25) is 4.79 Å².